The van der Waals surface area contributed by atoms with Crippen LogP contribution in [0.3, 0.4) is 0 Å². The third-order valence-corrected chi connectivity index (χ3v) is 3.05. The van der Waals surface area contributed by atoms with Crippen LogP contribution in [-0.2, 0) is 0 Å². The summed E-state index contributed by atoms with van der Waals surface area (Å²) in [5.74, 6) is -0.530. The molecule has 2 aromatic rings. The predicted molar refractivity (Wildman–Crippen MR) is 62.0 cm³/mol. The lowest BCUT2D eigenvalue weighted by atomic mass is 10.3. The van der Waals surface area contributed by atoms with Gasteiger partial charge in [-0.05, 0) is 30.0 Å². The van der Waals surface area contributed by atoms with Crippen molar-refractivity contribution in [3.05, 3.63) is 41.4 Å². The predicted octanol–water partition coefficient (Wildman–Crippen LogP) is 3.00. The molecule has 0 spiro atoms. The van der Waals surface area contributed by atoms with Gasteiger partial charge < -0.3 is 5.73 Å². The Kier molecular flexibility index (Phi) is 3.26. The second-order valence-corrected chi connectivity index (χ2v) is 4.35. The molecule has 1 heterocycles. The van der Waals surface area contributed by atoms with E-state index in [4.69, 9.17) is 17.3 Å². The van der Waals surface area contributed by atoms with Crippen LogP contribution >= 0.6 is 23.4 Å². The van der Waals surface area contributed by atoms with Gasteiger partial charge in [0, 0.05) is 23.0 Å². The minimum Gasteiger partial charge on any atom is -0.398 e. The average molecular weight is 256 g/mol. The Hall–Kier alpha value is -1.33. The maximum Gasteiger partial charge on any atom is 0.192 e. The second kappa shape index (κ2) is 4.67. The number of halogens is 2. The quantitative estimate of drug-likeness (QED) is 0.662. The van der Waals surface area contributed by atoms with Gasteiger partial charge in [0.25, 0.3) is 0 Å². The van der Waals surface area contributed by atoms with Crippen LogP contribution in [0.15, 0.2) is 40.6 Å². The van der Waals surface area contributed by atoms with Crippen LogP contribution in [0.4, 0.5) is 10.1 Å². The van der Waals surface area contributed by atoms with Crippen LogP contribution in [0.1, 0.15) is 0 Å². The number of nitrogens with zero attached hydrogens (tertiary/aromatic N) is 2. The third kappa shape index (κ3) is 2.43. The van der Waals surface area contributed by atoms with E-state index in [9.17, 15) is 4.39 Å². The summed E-state index contributed by atoms with van der Waals surface area (Å²) in [5.41, 5.74) is 5.98. The Balaban J connectivity index is 2.32. The summed E-state index contributed by atoms with van der Waals surface area (Å²) in [6.07, 6.45) is 3.24. The minimum atomic E-state index is -0.530. The van der Waals surface area contributed by atoms with Gasteiger partial charge >= 0.3 is 0 Å². The van der Waals surface area contributed by atoms with Crippen molar-refractivity contribution in [1.82, 2.24) is 9.97 Å². The SMILES string of the molecule is Nc1cc(F)c(Cl)cc1Sc1ncccn1. The van der Waals surface area contributed by atoms with Gasteiger partial charge in [0.2, 0.25) is 0 Å². The number of hydrogen-bond acceptors (Lipinski definition) is 4. The van der Waals surface area contributed by atoms with Gasteiger partial charge in [-0.1, -0.05) is 11.6 Å². The largest absolute Gasteiger partial charge is 0.398 e. The van der Waals surface area contributed by atoms with Crippen molar-refractivity contribution in [3.8, 4) is 0 Å². The van der Waals surface area contributed by atoms with Crippen molar-refractivity contribution < 1.29 is 4.39 Å². The molecule has 6 heteroatoms. The van der Waals surface area contributed by atoms with E-state index >= 15 is 0 Å². The highest BCUT2D eigenvalue weighted by molar-refractivity contribution is 7.99. The Bertz CT molecular complexity index is 507. The molecule has 0 amide bonds. The highest BCUT2D eigenvalue weighted by Crippen LogP contribution is 2.33. The zero-order valence-corrected chi connectivity index (χ0v) is 9.60. The Morgan fingerprint density at radius 1 is 1.25 bits per heavy atom. The molecule has 0 aliphatic rings. The first-order chi connectivity index (χ1) is 7.66. The summed E-state index contributed by atoms with van der Waals surface area (Å²) in [4.78, 5) is 8.69. The molecular weight excluding hydrogens is 249 g/mol. The summed E-state index contributed by atoms with van der Waals surface area (Å²) < 4.78 is 13.0. The van der Waals surface area contributed by atoms with E-state index in [0.29, 0.717) is 15.7 Å². The number of nitrogens with two attached hydrogens (primary N) is 1. The van der Waals surface area contributed by atoms with E-state index in [1.165, 1.54) is 23.9 Å². The summed E-state index contributed by atoms with van der Waals surface area (Å²) in [5, 5.41) is 0.574. The summed E-state index contributed by atoms with van der Waals surface area (Å²) in [6.45, 7) is 0. The monoisotopic (exact) mass is 255 g/mol. The zero-order valence-electron chi connectivity index (χ0n) is 8.02. The lowest BCUT2D eigenvalue weighted by Gasteiger charge is -2.05. The van der Waals surface area contributed by atoms with Crippen molar-refractivity contribution in [1.29, 1.82) is 0 Å². The molecule has 3 nitrogen and oxygen atoms in total. The fourth-order valence-corrected chi connectivity index (χ4v) is 2.07. The van der Waals surface area contributed by atoms with E-state index in [1.54, 1.807) is 18.5 Å². The van der Waals surface area contributed by atoms with Crippen molar-refractivity contribution in [2.75, 3.05) is 5.73 Å². The highest BCUT2D eigenvalue weighted by Gasteiger charge is 2.08. The molecular formula is C10H7ClFN3S. The number of anilines is 1. The van der Waals surface area contributed by atoms with Crippen molar-refractivity contribution in [3.63, 3.8) is 0 Å². The molecule has 1 aromatic carbocycles. The number of nitrogen functional groups attached to an aromatic ring is 1. The van der Waals surface area contributed by atoms with Crippen LogP contribution in [0.2, 0.25) is 5.02 Å². The molecule has 82 valence electrons. The molecule has 2 N–H and O–H groups in total. The molecule has 0 fully saturated rings. The number of aromatic nitrogens is 2. The van der Waals surface area contributed by atoms with Crippen LogP contribution in [0, 0.1) is 5.82 Å². The Morgan fingerprint density at radius 2 is 1.94 bits per heavy atom. The van der Waals surface area contributed by atoms with Gasteiger partial charge in [-0.15, -0.1) is 0 Å². The van der Waals surface area contributed by atoms with Gasteiger partial charge in [-0.25, -0.2) is 14.4 Å². The maximum absolute atomic E-state index is 13.0. The van der Waals surface area contributed by atoms with Gasteiger partial charge in [0.15, 0.2) is 5.16 Å². The fraction of sp³-hybridized carbons (Fsp3) is 0. The summed E-state index contributed by atoms with van der Waals surface area (Å²) in [7, 11) is 0. The van der Waals surface area contributed by atoms with Crippen molar-refractivity contribution in [2.24, 2.45) is 0 Å². The number of benzene rings is 1. The maximum atomic E-state index is 13.0. The molecule has 0 saturated carbocycles. The number of hydrogen-bond donors (Lipinski definition) is 1. The van der Waals surface area contributed by atoms with Gasteiger partial charge in [0.05, 0.1) is 5.02 Å². The van der Waals surface area contributed by atoms with Gasteiger partial charge in [0.1, 0.15) is 5.82 Å². The van der Waals surface area contributed by atoms with E-state index < -0.39 is 5.82 Å². The lowest BCUT2D eigenvalue weighted by Crippen LogP contribution is -1.92. The van der Waals surface area contributed by atoms with Crippen LogP contribution in [0.25, 0.3) is 0 Å². The topological polar surface area (TPSA) is 51.8 Å². The van der Waals surface area contributed by atoms with Gasteiger partial charge in [-0.2, -0.15) is 0 Å². The fourth-order valence-electron chi connectivity index (χ4n) is 1.07. The standard InChI is InChI=1S/C10H7ClFN3S/c11-6-4-9(8(13)5-7(6)12)16-10-14-2-1-3-15-10/h1-5H,13H2. The van der Waals surface area contributed by atoms with Crippen LogP contribution in [0.5, 0.6) is 0 Å². The lowest BCUT2D eigenvalue weighted by molar-refractivity contribution is 0.628. The molecule has 0 aliphatic heterocycles. The smallest absolute Gasteiger partial charge is 0.192 e. The van der Waals surface area contributed by atoms with Crippen LogP contribution in [-0.4, -0.2) is 9.97 Å². The van der Waals surface area contributed by atoms with E-state index in [0.717, 1.165) is 0 Å². The highest BCUT2D eigenvalue weighted by atomic mass is 35.5. The molecule has 2 rings (SSSR count). The van der Waals surface area contributed by atoms with Crippen molar-refractivity contribution in [2.45, 2.75) is 10.1 Å². The van der Waals surface area contributed by atoms with E-state index in [1.807, 2.05) is 0 Å². The van der Waals surface area contributed by atoms with Crippen LogP contribution < -0.4 is 5.73 Å². The number of rotatable bonds is 2. The molecule has 0 atom stereocenters. The molecule has 0 aliphatic carbocycles. The molecule has 0 radical (unpaired) electrons. The molecule has 0 saturated heterocycles. The minimum absolute atomic E-state index is 0.0348. The van der Waals surface area contributed by atoms with Gasteiger partial charge in [-0.3, -0.25) is 0 Å². The Labute approximate surface area is 101 Å². The first kappa shape index (κ1) is 11.2. The Morgan fingerprint density at radius 3 is 2.62 bits per heavy atom. The second-order valence-electron chi connectivity index (χ2n) is 2.94. The zero-order chi connectivity index (χ0) is 11.5. The normalized spacial score (nSPS) is 10.4. The third-order valence-electron chi connectivity index (χ3n) is 1.80. The summed E-state index contributed by atoms with van der Waals surface area (Å²) in [6, 6.07) is 4.37. The van der Waals surface area contributed by atoms with Crippen molar-refractivity contribution >= 4 is 29.1 Å². The average Bonchev–Trinajstić information content (AvgIpc) is 2.27. The molecule has 0 bridgehead atoms. The molecule has 0 unspecified atom stereocenters. The first-order valence-corrected chi connectivity index (χ1v) is 5.55. The molecule has 16 heavy (non-hydrogen) atoms. The molecule has 1 aromatic heterocycles. The van der Waals surface area contributed by atoms with E-state index in [2.05, 4.69) is 9.97 Å². The first-order valence-electron chi connectivity index (χ1n) is 4.36. The van der Waals surface area contributed by atoms with E-state index in [-0.39, 0.29) is 5.02 Å². The summed E-state index contributed by atoms with van der Waals surface area (Å²) >= 11 is 6.91.